The molecule has 0 amide bonds. The molecule has 1 unspecified atom stereocenters. The molecule has 2 aromatic rings. The normalized spacial score (nSPS) is 19.1. The van der Waals surface area contributed by atoms with Crippen molar-refractivity contribution in [3.63, 3.8) is 0 Å². The fraction of sp³-hybridized carbons (Fsp3) is 0.308. The minimum Gasteiger partial charge on any atom is -0.303 e. The van der Waals surface area contributed by atoms with E-state index >= 15 is 0 Å². The van der Waals surface area contributed by atoms with Gasteiger partial charge in [-0.2, -0.15) is 0 Å². The van der Waals surface area contributed by atoms with Gasteiger partial charge in [0.05, 0.1) is 0 Å². The highest BCUT2D eigenvalue weighted by molar-refractivity contribution is 5.43. The molecule has 0 bridgehead atoms. The van der Waals surface area contributed by atoms with Crippen LogP contribution in [-0.2, 0) is 6.42 Å². The van der Waals surface area contributed by atoms with Gasteiger partial charge in [0.15, 0.2) is 0 Å². The van der Waals surface area contributed by atoms with Crippen LogP contribution < -0.4 is 0 Å². The van der Waals surface area contributed by atoms with Crippen molar-refractivity contribution in [2.45, 2.75) is 25.7 Å². The molecule has 1 aliphatic rings. The first-order valence-corrected chi connectivity index (χ1v) is 5.48. The molecule has 1 atom stereocenters. The Labute approximate surface area is 89.6 Å². The second kappa shape index (κ2) is 3.23. The zero-order chi connectivity index (χ0) is 10.3. The summed E-state index contributed by atoms with van der Waals surface area (Å²) in [6, 6.07) is 8.61. The first kappa shape index (κ1) is 8.72. The van der Waals surface area contributed by atoms with E-state index in [4.69, 9.17) is 0 Å². The molecule has 0 spiro atoms. The molecule has 1 aromatic heterocycles. The van der Waals surface area contributed by atoms with Gasteiger partial charge >= 0.3 is 0 Å². The fourth-order valence-corrected chi connectivity index (χ4v) is 2.34. The molecule has 2 heterocycles. The van der Waals surface area contributed by atoms with Crippen molar-refractivity contribution in [3.8, 4) is 5.69 Å². The number of fused-ring (bicyclic) bond motifs is 3. The van der Waals surface area contributed by atoms with Crippen LogP contribution in [0.15, 0.2) is 36.7 Å². The first-order valence-electron chi connectivity index (χ1n) is 5.48. The van der Waals surface area contributed by atoms with Gasteiger partial charge in [0.2, 0.25) is 0 Å². The van der Waals surface area contributed by atoms with E-state index in [9.17, 15) is 0 Å². The van der Waals surface area contributed by atoms with E-state index in [2.05, 4.69) is 46.9 Å². The van der Waals surface area contributed by atoms with Crippen LogP contribution >= 0.6 is 0 Å². The van der Waals surface area contributed by atoms with E-state index in [0.717, 1.165) is 6.42 Å². The molecule has 1 aromatic carbocycles. The average Bonchev–Trinajstić information content (AvgIpc) is 2.71. The molecule has 0 fully saturated rings. The Morgan fingerprint density at radius 1 is 1.33 bits per heavy atom. The third kappa shape index (κ3) is 1.29. The third-order valence-corrected chi connectivity index (χ3v) is 3.21. The lowest BCUT2D eigenvalue weighted by Gasteiger charge is -2.09. The summed E-state index contributed by atoms with van der Waals surface area (Å²) in [6.07, 6.45) is 6.30. The predicted octanol–water partition coefficient (Wildman–Crippen LogP) is 2.92. The van der Waals surface area contributed by atoms with Gasteiger partial charge in [-0.1, -0.05) is 25.1 Å². The van der Waals surface area contributed by atoms with E-state index in [1.165, 1.54) is 23.5 Å². The van der Waals surface area contributed by atoms with E-state index in [1.54, 1.807) is 0 Å². The monoisotopic (exact) mass is 198 g/mol. The maximum absolute atomic E-state index is 4.46. The predicted molar refractivity (Wildman–Crippen MR) is 60.3 cm³/mol. The smallest absolute Gasteiger partial charge is 0.116 e. The number of aromatic nitrogens is 2. The van der Waals surface area contributed by atoms with Crippen molar-refractivity contribution in [2.75, 3.05) is 0 Å². The van der Waals surface area contributed by atoms with Crippen molar-refractivity contribution in [2.24, 2.45) is 0 Å². The summed E-state index contributed by atoms with van der Waals surface area (Å²) in [6.45, 7) is 2.25. The Hall–Kier alpha value is -1.57. The van der Waals surface area contributed by atoms with Gasteiger partial charge < -0.3 is 4.57 Å². The van der Waals surface area contributed by atoms with Crippen LogP contribution in [0.4, 0.5) is 0 Å². The number of aryl methyl sites for hydroxylation is 1. The van der Waals surface area contributed by atoms with Gasteiger partial charge in [0, 0.05) is 24.0 Å². The minimum atomic E-state index is 0.549. The van der Waals surface area contributed by atoms with Crippen molar-refractivity contribution in [1.29, 1.82) is 0 Å². The molecular formula is C13H14N2. The summed E-state index contributed by atoms with van der Waals surface area (Å²) >= 11 is 0. The van der Waals surface area contributed by atoms with Gasteiger partial charge in [0.1, 0.15) is 5.82 Å². The molecule has 3 rings (SSSR count). The molecule has 76 valence electrons. The van der Waals surface area contributed by atoms with Crippen LogP contribution in [0.1, 0.15) is 30.7 Å². The van der Waals surface area contributed by atoms with Gasteiger partial charge in [-0.25, -0.2) is 4.98 Å². The lowest BCUT2D eigenvalue weighted by Crippen LogP contribution is -2.01. The number of nitrogens with zero attached hydrogens (tertiary/aromatic N) is 2. The van der Waals surface area contributed by atoms with Crippen molar-refractivity contribution < 1.29 is 0 Å². The quantitative estimate of drug-likeness (QED) is 0.636. The number of rotatable bonds is 0. The molecular weight excluding hydrogens is 184 g/mol. The first-order chi connectivity index (χ1) is 7.36. The van der Waals surface area contributed by atoms with Crippen LogP contribution in [0.5, 0.6) is 0 Å². The van der Waals surface area contributed by atoms with Crippen molar-refractivity contribution >= 4 is 0 Å². The van der Waals surface area contributed by atoms with Crippen molar-refractivity contribution in [1.82, 2.24) is 9.55 Å². The van der Waals surface area contributed by atoms with Crippen molar-refractivity contribution in [3.05, 3.63) is 48.0 Å². The summed E-state index contributed by atoms with van der Waals surface area (Å²) in [4.78, 5) is 4.46. The second-order valence-electron chi connectivity index (χ2n) is 4.22. The average molecular weight is 198 g/mol. The molecule has 0 saturated carbocycles. The molecule has 0 N–H and O–H groups in total. The third-order valence-electron chi connectivity index (χ3n) is 3.21. The standard InChI is InChI=1S/C13H14N2/c1-10-6-7-11-4-2-3-5-12(11)15-9-8-14-13(10)15/h2-5,8-10H,6-7H2,1H3. The Kier molecular flexibility index (Phi) is 1.88. The molecule has 1 aliphatic heterocycles. The van der Waals surface area contributed by atoms with E-state index in [1.807, 2.05) is 6.20 Å². The molecule has 0 radical (unpaired) electrons. The van der Waals surface area contributed by atoms with E-state index in [-0.39, 0.29) is 0 Å². The topological polar surface area (TPSA) is 17.8 Å². The number of hydrogen-bond donors (Lipinski definition) is 0. The largest absolute Gasteiger partial charge is 0.303 e. The number of hydrogen-bond acceptors (Lipinski definition) is 1. The Balaban J connectivity index is 2.26. The SMILES string of the molecule is CC1CCc2ccccc2-n2ccnc21. The van der Waals surface area contributed by atoms with Gasteiger partial charge in [-0.15, -0.1) is 0 Å². The zero-order valence-corrected chi connectivity index (χ0v) is 8.85. The lowest BCUT2D eigenvalue weighted by molar-refractivity contribution is 0.648. The number of benzene rings is 1. The van der Waals surface area contributed by atoms with Gasteiger partial charge in [-0.05, 0) is 24.5 Å². The van der Waals surface area contributed by atoms with Crippen LogP contribution in [0.2, 0.25) is 0 Å². The lowest BCUT2D eigenvalue weighted by atomic mass is 10.0. The molecule has 2 nitrogen and oxygen atoms in total. The fourth-order valence-electron chi connectivity index (χ4n) is 2.34. The zero-order valence-electron chi connectivity index (χ0n) is 8.85. The van der Waals surface area contributed by atoms with E-state index < -0.39 is 0 Å². The number of imidazole rings is 1. The highest BCUT2D eigenvalue weighted by atomic mass is 15.1. The summed E-state index contributed by atoms with van der Waals surface area (Å²) in [5.41, 5.74) is 2.73. The minimum absolute atomic E-state index is 0.549. The second-order valence-corrected chi connectivity index (χ2v) is 4.22. The summed E-state index contributed by atoms with van der Waals surface area (Å²) < 4.78 is 2.23. The molecule has 15 heavy (non-hydrogen) atoms. The summed E-state index contributed by atoms with van der Waals surface area (Å²) in [7, 11) is 0. The van der Waals surface area contributed by atoms with Crippen LogP contribution in [0, 0.1) is 0 Å². The van der Waals surface area contributed by atoms with Gasteiger partial charge in [-0.3, -0.25) is 0 Å². The Morgan fingerprint density at radius 3 is 3.13 bits per heavy atom. The Bertz CT molecular complexity index is 485. The summed E-state index contributed by atoms with van der Waals surface area (Å²) in [5.74, 6) is 1.74. The maximum Gasteiger partial charge on any atom is 0.116 e. The summed E-state index contributed by atoms with van der Waals surface area (Å²) in [5, 5.41) is 0. The highest BCUT2D eigenvalue weighted by Gasteiger charge is 2.18. The highest BCUT2D eigenvalue weighted by Crippen LogP contribution is 2.29. The van der Waals surface area contributed by atoms with Crippen LogP contribution in [0.25, 0.3) is 5.69 Å². The Morgan fingerprint density at radius 2 is 2.20 bits per heavy atom. The maximum atomic E-state index is 4.46. The number of para-hydroxylation sites is 1. The van der Waals surface area contributed by atoms with Crippen LogP contribution in [0.3, 0.4) is 0 Å². The van der Waals surface area contributed by atoms with Gasteiger partial charge in [0.25, 0.3) is 0 Å². The van der Waals surface area contributed by atoms with E-state index in [0.29, 0.717) is 5.92 Å². The molecule has 0 saturated heterocycles. The molecule has 0 aliphatic carbocycles. The van der Waals surface area contributed by atoms with Crippen LogP contribution in [-0.4, -0.2) is 9.55 Å². The molecule has 2 heteroatoms.